The van der Waals surface area contributed by atoms with Gasteiger partial charge in [0.25, 0.3) is 0 Å². The zero-order valence-electron chi connectivity index (χ0n) is 81.7. The van der Waals surface area contributed by atoms with Crippen molar-refractivity contribution in [3.63, 3.8) is 0 Å². The molecule has 0 saturated carbocycles. The lowest BCUT2D eigenvalue weighted by atomic mass is 10.00. The summed E-state index contributed by atoms with van der Waals surface area (Å²) in [5.41, 5.74) is 12.1. The smallest absolute Gasteiger partial charge is 0.414 e. The first-order chi connectivity index (χ1) is 71.0. The highest BCUT2D eigenvalue weighted by Crippen LogP contribution is 2.46. The number of halogens is 8. The summed E-state index contributed by atoms with van der Waals surface area (Å²) >= 11 is 37.4. The van der Waals surface area contributed by atoms with Crippen LogP contribution in [0.4, 0.5) is 52.4 Å². The lowest BCUT2D eigenvalue weighted by Crippen LogP contribution is -2.50. The largest absolute Gasteiger partial charge is 0.495 e. The van der Waals surface area contributed by atoms with E-state index < -0.39 is 62.3 Å². The van der Waals surface area contributed by atoms with Gasteiger partial charge < -0.3 is 42.6 Å². The normalized spacial score (nSPS) is 18.2. The van der Waals surface area contributed by atoms with Gasteiger partial charge in [0.15, 0.2) is 0 Å². The van der Waals surface area contributed by atoms with E-state index in [-0.39, 0.29) is 147 Å². The number of carbonyl (C=O) groups is 5. The third-order valence-electron chi connectivity index (χ3n) is 27.4. The van der Waals surface area contributed by atoms with Crippen molar-refractivity contribution < 1.29 is 109 Å². The van der Waals surface area contributed by atoms with E-state index in [1.165, 1.54) is 62.1 Å². The molecule has 10 aliphatic heterocycles. The molecule has 5 amide bonds. The van der Waals surface area contributed by atoms with Crippen molar-refractivity contribution >= 4 is 219 Å². The fourth-order valence-electron chi connectivity index (χ4n) is 19.8. The summed E-state index contributed by atoms with van der Waals surface area (Å²) in [4.78, 5) is 71.3. The fourth-order valence-corrected chi connectivity index (χ4v) is 31.1. The Balaban J connectivity index is 0.000000133. The molecule has 34 nitrogen and oxygen atoms in total. The fraction of sp³-hybridized carbons (Fsp3) is 0.363. The molecule has 5 saturated heterocycles. The minimum Gasteiger partial charge on any atom is -0.495 e. The number of fused-ring (bicyclic) bond motifs is 5. The number of cyclic esters (lactones) is 5. The summed E-state index contributed by atoms with van der Waals surface area (Å²) in [5, 5.41) is 0.917. The molecule has 47 heteroatoms. The number of para-hydroxylation sites is 2. The number of anilines is 5. The zero-order valence-corrected chi connectivity index (χ0v) is 95.2. The van der Waals surface area contributed by atoms with Gasteiger partial charge in [0.05, 0.1) is 71.9 Å². The van der Waals surface area contributed by atoms with Gasteiger partial charge in [-0.25, -0.2) is 66.1 Å². The van der Waals surface area contributed by atoms with Gasteiger partial charge in [-0.15, -0.1) is 0 Å². The van der Waals surface area contributed by atoms with E-state index in [2.05, 4.69) is 63.7 Å². The van der Waals surface area contributed by atoms with E-state index in [0.29, 0.717) is 149 Å². The molecule has 0 bridgehead atoms. The van der Waals surface area contributed by atoms with Crippen molar-refractivity contribution in [1.29, 1.82) is 0 Å². The maximum absolute atomic E-state index is 13.2. The number of amides is 5. The SMILES string of the molecule is COc1ccc(Br)cc1S(=O)(=O)N1CCC(N2C(=O)OCc3cc(C)ccc32)CC1.COc1ccc(Br)cc1S(=O)(=O)N1CCC(N2C(=O)OCc3cc(Cl)ccc32)CC1.COc1ccc(Br)cc1S(=O)(=O)N1CCC(N2C(=O)OCc3cccc(C)c32)CC1.COc1ccc(Br)cc1S(=O)(=O)N1CCC(N2C(=O)OCc3ccccc32)CC1.Cc1ccc2c(c1)COC(=O)N2C1CCN(S(=O)(=O)c2cc(Cl)c(Cl)cc2Cl)CC1. The average molecular weight is 2480 g/mol. The molecule has 10 aromatic carbocycles. The van der Waals surface area contributed by atoms with E-state index in [0.717, 1.165) is 72.9 Å². The second-order valence-corrected chi connectivity index (χ2v) is 51.3. The second kappa shape index (κ2) is 47.5. The standard InChI is InChI=1S/2C21H23BrN2O5S.C20H20BrClN2O5S.C20H21BrN2O5S.C20H19Cl3N2O4S/c1-14-3-5-18-15(11-14)13-29-21(25)24(18)17-7-9-23(10-8-17)30(26,27)20-12-16(22)4-6-19(20)28-2;1-14-4-3-5-15-13-29-21(25)24(20(14)15)17-8-10-23(11-9-17)30(26,27)19-12-16(22)6-7-18(19)28-2;1-28-18-5-2-14(21)11-19(18)30(26,27)23-8-6-16(7-9-23)24-17-4-3-15(22)10-13(17)12-29-20(24)25;1-27-18-7-6-15(21)12-19(18)29(25,26)22-10-8-16(9-11-22)23-17-5-3-2-4-14(17)13-28-20(23)24;1-12-2-3-18-13(8-12)11-29-20(26)25(18)14-4-6-24(7-5-14)30(27,28)19-10-16(22)15(21)9-17(19)23/h3-6,11-12,17H,7-10,13H2,1-2H3;3-7,12,17H,8-11,13H2,1-2H3;2-5,10-11,16H,6-9,12H2,1H3;2-7,12,16H,8-11,13H2,1H3;2-3,8-10,14H,4-7,11H2,1H3. The molecule has 0 N–H and O–H groups in total. The van der Waals surface area contributed by atoms with Crippen LogP contribution in [0.3, 0.4) is 0 Å². The Hall–Kier alpha value is -9.62. The lowest BCUT2D eigenvalue weighted by molar-refractivity contribution is 0.135. The van der Waals surface area contributed by atoms with Gasteiger partial charge in [-0.1, -0.05) is 182 Å². The van der Waals surface area contributed by atoms with Gasteiger partial charge in [-0.3, -0.25) is 24.5 Å². The molecule has 10 aliphatic rings. The van der Waals surface area contributed by atoms with Crippen LogP contribution in [0.1, 0.15) is 109 Å². The number of rotatable bonds is 19. The van der Waals surface area contributed by atoms with Crippen molar-refractivity contribution in [2.24, 2.45) is 0 Å². The summed E-state index contributed by atoms with van der Waals surface area (Å²) in [5.74, 6) is 1.23. The van der Waals surface area contributed by atoms with Gasteiger partial charge in [-0.2, -0.15) is 21.5 Å². The summed E-state index contributed by atoms with van der Waals surface area (Å²) < 4.78 is 189. The van der Waals surface area contributed by atoms with Crippen LogP contribution in [-0.2, 0) is 107 Å². The Morgan fingerprint density at radius 2 is 0.544 bits per heavy atom. The van der Waals surface area contributed by atoms with Crippen molar-refractivity contribution in [3.05, 3.63) is 264 Å². The highest BCUT2D eigenvalue weighted by Gasteiger charge is 2.46. The predicted octanol–water partition coefficient (Wildman–Crippen LogP) is 21.6. The average Bonchev–Trinajstić information content (AvgIpc) is 0.914. The number of hydrogen-bond acceptors (Lipinski definition) is 24. The van der Waals surface area contributed by atoms with E-state index >= 15 is 0 Å². The molecular formula is C102H106Br4Cl4N10O24S5. The van der Waals surface area contributed by atoms with Crippen molar-refractivity contribution in [3.8, 4) is 23.0 Å². The Morgan fingerprint density at radius 3 is 0.879 bits per heavy atom. The molecule has 20 rings (SSSR count). The maximum atomic E-state index is 13.2. The second-order valence-electron chi connectivity index (χ2n) is 36.4. The Kier molecular flexibility index (Phi) is 35.7. The first-order valence-electron chi connectivity index (χ1n) is 47.5. The molecule has 0 spiro atoms. The number of sulfonamides is 5. The lowest BCUT2D eigenvalue weighted by Gasteiger charge is -2.40. The van der Waals surface area contributed by atoms with Crippen LogP contribution in [0.5, 0.6) is 23.0 Å². The van der Waals surface area contributed by atoms with E-state index in [9.17, 15) is 66.1 Å². The van der Waals surface area contributed by atoms with Crippen LogP contribution >= 0.6 is 110 Å². The number of methoxy groups -OCH3 is 4. The molecule has 794 valence electrons. The van der Waals surface area contributed by atoms with Crippen LogP contribution in [0, 0.1) is 20.8 Å². The number of nitrogens with zero attached hydrogens (tertiary/aromatic N) is 10. The Bertz CT molecular complexity index is 7230. The Morgan fingerprint density at radius 1 is 0.275 bits per heavy atom. The molecule has 0 aliphatic carbocycles. The predicted molar refractivity (Wildman–Crippen MR) is 578 cm³/mol. The van der Waals surface area contributed by atoms with Gasteiger partial charge in [0.2, 0.25) is 50.1 Å². The van der Waals surface area contributed by atoms with Gasteiger partial charge >= 0.3 is 30.5 Å². The topological polar surface area (TPSA) is 372 Å². The summed E-state index contributed by atoms with van der Waals surface area (Å²) in [6, 6.07) is 52.3. The van der Waals surface area contributed by atoms with Crippen molar-refractivity contribution in [2.75, 3.05) is 118 Å². The summed E-state index contributed by atoms with van der Waals surface area (Å²) in [7, 11) is -12.9. The number of piperidine rings is 5. The monoisotopic (exact) mass is 2470 g/mol. The molecule has 0 atom stereocenters. The molecule has 10 aromatic rings. The minimum absolute atomic E-state index is 0.0235. The van der Waals surface area contributed by atoms with Gasteiger partial charge in [0, 0.05) is 146 Å². The number of ether oxygens (including phenoxy) is 9. The van der Waals surface area contributed by atoms with Crippen LogP contribution in [0.15, 0.2) is 224 Å². The minimum atomic E-state index is -3.84. The molecular weight excluding hydrogens is 2370 g/mol. The zero-order chi connectivity index (χ0) is 107. The first-order valence-corrected chi connectivity index (χ1v) is 59.4. The third-order valence-corrected chi connectivity index (χ3v) is 40.3. The van der Waals surface area contributed by atoms with E-state index in [1.807, 2.05) is 106 Å². The van der Waals surface area contributed by atoms with Gasteiger partial charge in [-0.05, 0) is 212 Å². The highest BCUT2D eigenvalue weighted by molar-refractivity contribution is 9.11. The summed E-state index contributed by atoms with van der Waals surface area (Å²) in [6.45, 7) is 10.1. The number of aryl methyl sites for hydroxylation is 3. The van der Waals surface area contributed by atoms with E-state index in [4.69, 9.17) is 89.0 Å². The molecule has 0 radical (unpaired) electrons. The quantitative estimate of drug-likeness (QED) is 0.0536. The summed E-state index contributed by atoms with van der Waals surface area (Å²) in [6.07, 6.45) is 3.15. The third kappa shape index (κ3) is 24.3. The number of benzene rings is 10. The van der Waals surface area contributed by atoms with Crippen LogP contribution < -0.4 is 43.4 Å². The first kappa shape index (κ1) is 112. The van der Waals surface area contributed by atoms with Crippen molar-refractivity contribution in [2.45, 2.75) is 173 Å². The van der Waals surface area contributed by atoms with Crippen LogP contribution in [0.2, 0.25) is 20.1 Å². The molecule has 0 unspecified atom stereocenters. The van der Waals surface area contributed by atoms with E-state index in [1.54, 1.807) is 109 Å². The van der Waals surface area contributed by atoms with Crippen molar-refractivity contribution in [1.82, 2.24) is 21.5 Å². The van der Waals surface area contributed by atoms with Crippen LogP contribution in [0.25, 0.3) is 0 Å². The maximum Gasteiger partial charge on any atom is 0.414 e. The Labute approximate surface area is 919 Å². The highest BCUT2D eigenvalue weighted by atomic mass is 79.9. The van der Waals surface area contributed by atoms with Gasteiger partial charge in [0.1, 0.15) is 80.5 Å². The van der Waals surface area contributed by atoms with Crippen LogP contribution in [-0.4, -0.2) is 218 Å². The molecule has 5 fully saturated rings. The molecule has 10 heterocycles. The number of carbonyl (C=O) groups excluding carboxylic acids is 5. The molecule has 149 heavy (non-hydrogen) atoms. The molecule has 0 aromatic heterocycles. The number of hydrogen-bond donors (Lipinski definition) is 0.